The second kappa shape index (κ2) is 3.33. The Kier molecular flexibility index (Phi) is 2.40. The lowest BCUT2D eigenvalue weighted by Gasteiger charge is -2.01. The summed E-state index contributed by atoms with van der Waals surface area (Å²) in [6, 6.07) is 3.99. The number of hydrogen-bond acceptors (Lipinski definition) is 3. The summed E-state index contributed by atoms with van der Waals surface area (Å²) in [6.45, 7) is 0. The quantitative estimate of drug-likeness (QED) is 0.717. The van der Waals surface area contributed by atoms with E-state index in [0.29, 0.717) is 0 Å². The largest absolute Gasteiger partial charge is 0.505 e. The number of phenols is 1. The topological polar surface area (TPSA) is 81.3 Å². The van der Waals surface area contributed by atoms with Crippen LogP contribution in [0.15, 0.2) is 12.1 Å². The highest BCUT2D eigenvalue weighted by Crippen LogP contribution is 2.28. The van der Waals surface area contributed by atoms with Gasteiger partial charge >= 0.3 is 5.97 Å². The Bertz CT molecular complexity index is 409. The molecule has 4 nitrogen and oxygen atoms in total. The van der Waals surface area contributed by atoms with Gasteiger partial charge in [-0.3, -0.25) is 0 Å². The van der Waals surface area contributed by atoms with Gasteiger partial charge in [-0.05, 0) is 12.1 Å². The molecule has 0 saturated heterocycles. The lowest BCUT2D eigenvalue weighted by atomic mass is 10.1. The Balaban J connectivity index is 3.44. The normalized spacial score (nSPS) is 9.23. The molecular weight excluding hydrogens is 194 g/mol. The van der Waals surface area contributed by atoms with Gasteiger partial charge in [-0.2, -0.15) is 5.26 Å². The Morgan fingerprint density at radius 1 is 1.54 bits per heavy atom. The van der Waals surface area contributed by atoms with Crippen LogP contribution in [-0.4, -0.2) is 16.2 Å². The molecule has 0 spiro atoms. The molecular formula is C8H4ClNO3. The standard InChI is InChI=1S/C8H4ClNO3/c9-6-2-4(3-10)1-5(7(6)11)8(12)13/h1-2,11H,(H,12,13). The van der Waals surface area contributed by atoms with Crippen molar-refractivity contribution in [3.63, 3.8) is 0 Å². The number of hydrogen-bond donors (Lipinski definition) is 2. The van der Waals surface area contributed by atoms with Crippen LogP contribution in [0, 0.1) is 11.3 Å². The lowest BCUT2D eigenvalue weighted by molar-refractivity contribution is 0.0693. The Hall–Kier alpha value is -1.73. The molecule has 2 N–H and O–H groups in total. The van der Waals surface area contributed by atoms with Crippen LogP contribution in [0.1, 0.15) is 15.9 Å². The number of nitriles is 1. The fourth-order valence-electron chi connectivity index (χ4n) is 0.827. The maximum absolute atomic E-state index is 10.5. The smallest absolute Gasteiger partial charge is 0.339 e. The first-order valence-electron chi connectivity index (χ1n) is 3.22. The van der Waals surface area contributed by atoms with E-state index in [1.54, 1.807) is 6.07 Å². The van der Waals surface area contributed by atoms with Crippen molar-refractivity contribution in [3.8, 4) is 11.8 Å². The summed E-state index contributed by atoms with van der Waals surface area (Å²) >= 11 is 5.48. The van der Waals surface area contributed by atoms with Crippen molar-refractivity contribution >= 4 is 17.6 Å². The molecule has 0 unspecified atom stereocenters. The summed E-state index contributed by atoms with van der Waals surface area (Å²) in [6.07, 6.45) is 0. The second-order valence-electron chi connectivity index (χ2n) is 2.27. The van der Waals surface area contributed by atoms with Crippen molar-refractivity contribution in [2.45, 2.75) is 0 Å². The molecule has 0 radical (unpaired) electrons. The monoisotopic (exact) mass is 197 g/mol. The number of aromatic hydroxyl groups is 1. The Morgan fingerprint density at radius 3 is 2.62 bits per heavy atom. The van der Waals surface area contributed by atoms with Gasteiger partial charge in [0.25, 0.3) is 0 Å². The van der Waals surface area contributed by atoms with Gasteiger partial charge in [-0.15, -0.1) is 0 Å². The van der Waals surface area contributed by atoms with E-state index in [1.807, 2.05) is 0 Å². The van der Waals surface area contributed by atoms with Gasteiger partial charge in [0, 0.05) is 0 Å². The third-order valence-electron chi connectivity index (χ3n) is 1.42. The number of carboxylic acids is 1. The van der Waals surface area contributed by atoms with E-state index in [9.17, 15) is 4.79 Å². The number of halogens is 1. The van der Waals surface area contributed by atoms with Gasteiger partial charge < -0.3 is 10.2 Å². The molecule has 1 rings (SSSR count). The van der Waals surface area contributed by atoms with E-state index in [1.165, 1.54) is 6.07 Å². The average molecular weight is 198 g/mol. The van der Waals surface area contributed by atoms with Crippen LogP contribution in [0.5, 0.6) is 5.75 Å². The average Bonchev–Trinajstić information content (AvgIpc) is 2.09. The number of aromatic carboxylic acids is 1. The van der Waals surface area contributed by atoms with E-state index < -0.39 is 11.7 Å². The zero-order valence-corrected chi connectivity index (χ0v) is 7.04. The molecule has 1 aromatic carbocycles. The second-order valence-corrected chi connectivity index (χ2v) is 2.68. The zero-order chi connectivity index (χ0) is 10.0. The minimum atomic E-state index is -1.32. The van der Waals surface area contributed by atoms with Crippen molar-refractivity contribution < 1.29 is 15.0 Å². The molecule has 0 aliphatic heterocycles. The van der Waals surface area contributed by atoms with Crippen molar-refractivity contribution in [2.24, 2.45) is 0 Å². The summed E-state index contributed by atoms with van der Waals surface area (Å²) in [7, 11) is 0. The van der Waals surface area contributed by atoms with Gasteiger partial charge in [-0.1, -0.05) is 11.6 Å². The molecule has 0 saturated carbocycles. The molecule has 0 aromatic heterocycles. The molecule has 0 bridgehead atoms. The molecule has 0 atom stereocenters. The molecule has 5 heteroatoms. The highest BCUT2D eigenvalue weighted by molar-refractivity contribution is 6.32. The molecule has 0 fully saturated rings. The van der Waals surface area contributed by atoms with Crippen molar-refractivity contribution in [3.05, 3.63) is 28.3 Å². The lowest BCUT2D eigenvalue weighted by Crippen LogP contribution is -1.97. The fourth-order valence-corrected chi connectivity index (χ4v) is 1.05. The molecule has 1 aromatic rings. The summed E-state index contributed by atoms with van der Waals surface area (Å²) in [5.74, 6) is -1.84. The van der Waals surface area contributed by atoms with Crippen LogP contribution in [0.2, 0.25) is 5.02 Å². The SMILES string of the molecule is N#Cc1cc(Cl)c(O)c(C(=O)O)c1. The van der Waals surface area contributed by atoms with Crippen LogP contribution in [0.4, 0.5) is 0 Å². The highest BCUT2D eigenvalue weighted by atomic mass is 35.5. The number of nitrogens with zero attached hydrogens (tertiary/aromatic N) is 1. The fraction of sp³-hybridized carbons (Fsp3) is 0. The summed E-state index contributed by atoms with van der Waals surface area (Å²) in [4.78, 5) is 10.5. The van der Waals surface area contributed by atoms with E-state index >= 15 is 0 Å². The molecule has 0 heterocycles. The van der Waals surface area contributed by atoms with Crippen molar-refractivity contribution in [1.82, 2.24) is 0 Å². The van der Waals surface area contributed by atoms with Crippen molar-refractivity contribution in [1.29, 1.82) is 5.26 Å². The first-order chi connectivity index (χ1) is 6.06. The summed E-state index contributed by atoms with van der Waals surface area (Å²) in [5.41, 5.74) is -0.274. The highest BCUT2D eigenvalue weighted by Gasteiger charge is 2.13. The minimum Gasteiger partial charge on any atom is -0.505 e. The number of benzene rings is 1. The zero-order valence-electron chi connectivity index (χ0n) is 6.28. The number of carbonyl (C=O) groups is 1. The van der Waals surface area contributed by atoms with Crippen LogP contribution in [0.3, 0.4) is 0 Å². The molecule has 13 heavy (non-hydrogen) atoms. The number of rotatable bonds is 1. The van der Waals surface area contributed by atoms with Gasteiger partial charge in [0.1, 0.15) is 11.3 Å². The van der Waals surface area contributed by atoms with Crippen LogP contribution >= 0.6 is 11.6 Å². The first-order valence-corrected chi connectivity index (χ1v) is 3.60. The predicted molar refractivity (Wildman–Crippen MR) is 44.8 cm³/mol. The van der Waals surface area contributed by atoms with Crippen LogP contribution in [0.25, 0.3) is 0 Å². The molecule has 66 valence electrons. The first kappa shape index (κ1) is 9.36. The van der Waals surface area contributed by atoms with E-state index in [2.05, 4.69) is 0 Å². The maximum Gasteiger partial charge on any atom is 0.339 e. The molecule has 0 aliphatic rings. The predicted octanol–water partition coefficient (Wildman–Crippen LogP) is 1.62. The number of carboxylic acid groups (broad SMARTS) is 1. The van der Waals surface area contributed by atoms with Crippen LogP contribution in [-0.2, 0) is 0 Å². The third kappa shape index (κ3) is 1.71. The van der Waals surface area contributed by atoms with E-state index in [4.69, 9.17) is 27.1 Å². The van der Waals surface area contributed by atoms with E-state index in [-0.39, 0.29) is 16.1 Å². The molecule has 0 amide bonds. The minimum absolute atomic E-state index is 0.0974. The Labute approximate surface area is 78.6 Å². The maximum atomic E-state index is 10.5. The van der Waals surface area contributed by atoms with Gasteiger partial charge in [0.05, 0.1) is 16.7 Å². The summed E-state index contributed by atoms with van der Waals surface area (Å²) in [5, 5.41) is 26.1. The Morgan fingerprint density at radius 2 is 2.15 bits per heavy atom. The third-order valence-corrected chi connectivity index (χ3v) is 1.71. The van der Waals surface area contributed by atoms with Crippen molar-refractivity contribution in [2.75, 3.05) is 0 Å². The van der Waals surface area contributed by atoms with Gasteiger partial charge in [-0.25, -0.2) is 4.79 Å². The van der Waals surface area contributed by atoms with Gasteiger partial charge in [0.2, 0.25) is 0 Å². The van der Waals surface area contributed by atoms with Gasteiger partial charge in [0.15, 0.2) is 0 Å². The van der Waals surface area contributed by atoms with E-state index in [0.717, 1.165) is 6.07 Å². The van der Waals surface area contributed by atoms with Crippen LogP contribution < -0.4 is 0 Å². The summed E-state index contributed by atoms with van der Waals surface area (Å²) < 4.78 is 0. The molecule has 0 aliphatic carbocycles.